The van der Waals surface area contributed by atoms with Gasteiger partial charge < -0.3 is 15.2 Å². The minimum Gasteiger partial charge on any atom is -0.347 e. The van der Waals surface area contributed by atoms with Gasteiger partial charge in [0.1, 0.15) is 11.6 Å². The summed E-state index contributed by atoms with van der Waals surface area (Å²) in [5.74, 6) is -1.88. The van der Waals surface area contributed by atoms with Gasteiger partial charge in [0, 0.05) is 18.1 Å². The van der Waals surface area contributed by atoms with Gasteiger partial charge >= 0.3 is 0 Å². The summed E-state index contributed by atoms with van der Waals surface area (Å²) in [6, 6.07) is 9.90. The molecule has 0 atom stereocenters. The third-order valence-corrected chi connectivity index (χ3v) is 3.71. The van der Waals surface area contributed by atoms with E-state index in [2.05, 4.69) is 15.6 Å². The topological polar surface area (TPSA) is 76.0 Å². The van der Waals surface area contributed by atoms with Gasteiger partial charge in [-0.05, 0) is 35.9 Å². The quantitative estimate of drug-likeness (QED) is 0.700. The van der Waals surface area contributed by atoms with Gasteiger partial charge in [0.25, 0.3) is 0 Å². The van der Waals surface area contributed by atoms with Crippen molar-refractivity contribution in [1.82, 2.24) is 14.9 Å². The van der Waals surface area contributed by atoms with Crippen molar-refractivity contribution in [2.45, 2.75) is 6.42 Å². The zero-order valence-electron chi connectivity index (χ0n) is 14.2. The number of anilines is 1. The lowest BCUT2D eigenvalue weighted by Crippen LogP contribution is -2.33. The van der Waals surface area contributed by atoms with E-state index in [-0.39, 0.29) is 18.7 Å². The number of imidazole rings is 1. The Bertz CT molecular complexity index is 958. The molecule has 0 aliphatic carbocycles. The van der Waals surface area contributed by atoms with Crippen LogP contribution in [0.25, 0.3) is 5.69 Å². The van der Waals surface area contributed by atoms with Crippen LogP contribution in [0.2, 0.25) is 0 Å². The van der Waals surface area contributed by atoms with Crippen LogP contribution in [-0.4, -0.2) is 27.9 Å². The van der Waals surface area contributed by atoms with Crippen molar-refractivity contribution in [3.05, 3.63) is 78.4 Å². The summed E-state index contributed by atoms with van der Waals surface area (Å²) in [5.41, 5.74) is 1.07. The van der Waals surface area contributed by atoms with Gasteiger partial charge in [-0.3, -0.25) is 9.59 Å². The lowest BCUT2D eigenvalue weighted by atomic mass is 10.1. The van der Waals surface area contributed by atoms with Gasteiger partial charge in [-0.25, -0.2) is 13.8 Å². The van der Waals surface area contributed by atoms with E-state index in [0.717, 1.165) is 0 Å². The van der Waals surface area contributed by atoms with Crippen LogP contribution in [0.15, 0.2) is 61.2 Å². The molecular formula is C19H16F2N4O2. The molecule has 1 aromatic heterocycles. The zero-order valence-corrected chi connectivity index (χ0v) is 14.2. The minimum atomic E-state index is -0.527. The molecule has 2 N–H and O–H groups in total. The van der Waals surface area contributed by atoms with E-state index in [1.165, 1.54) is 47.4 Å². The van der Waals surface area contributed by atoms with Gasteiger partial charge in [-0.15, -0.1) is 0 Å². The molecule has 0 spiro atoms. The molecule has 0 unspecified atom stereocenters. The number of carbonyl (C=O) groups excluding carboxylic acids is 2. The lowest BCUT2D eigenvalue weighted by Gasteiger charge is -2.09. The third kappa shape index (κ3) is 4.97. The Morgan fingerprint density at radius 1 is 1.07 bits per heavy atom. The highest BCUT2D eigenvalue weighted by molar-refractivity contribution is 5.94. The molecule has 0 radical (unpaired) electrons. The van der Waals surface area contributed by atoms with Crippen LogP contribution in [-0.2, 0) is 16.0 Å². The first-order valence-electron chi connectivity index (χ1n) is 8.10. The van der Waals surface area contributed by atoms with Gasteiger partial charge in [0.2, 0.25) is 11.8 Å². The molecule has 0 aliphatic heterocycles. The normalized spacial score (nSPS) is 10.4. The Morgan fingerprint density at radius 3 is 2.63 bits per heavy atom. The monoisotopic (exact) mass is 370 g/mol. The van der Waals surface area contributed by atoms with Gasteiger partial charge in [-0.1, -0.05) is 12.1 Å². The van der Waals surface area contributed by atoms with E-state index in [4.69, 9.17) is 0 Å². The smallest absolute Gasteiger partial charge is 0.243 e. The fourth-order valence-electron chi connectivity index (χ4n) is 2.47. The van der Waals surface area contributed by atoms with Gasteiger partial charge in [0.15, 0.2) is 0 Å². The summed E-state index contributed by atoms with van der Waals surface area (Å²) in [6.45, 7) is -0.279. The Morgan fingerprint density at radius 2 is 1.93 bits per heavy atom. The number of benzene rings is 2. The lowest BCUT2D eigenvalue weighted by molar-refractivity contribution is -0.123. The first-order valence-corrected chi connectivity index (χ1v) is 8.10. The molecule has 1 heterocycles. The van der Waals surface area contributed by atoms with Crippen LogP contribution in [0, 0.1) is 11.6 Å². The predicted octanol–water partition coefficient (Wildman–Crippen LogP) is 2.45. The molecule has 3 aromatic rings. The van der Waals surface area contributed by atoms with Crippen molar-refractivity contribution in [3.8, 4) is 5.69 Å². The van der Waals surface area contributed by atoms with Crippen LogP contribution in [0.5, 0.6) is 0 Å². The van der Waals surface area contributed by atoms with Crippen molar-refractivity contribution in [2.75, 3.05) is 11.9 Å². The molecule has 0 saturated carbocycles. The number of nitrogens with one attached hydrogen (secondary N) is 2. The average molecular weight is 370 g/mol. The zero-order chi connectivity index (χ0) is 19.2. The highest BCUT2D eigenvalue weighted by Gasteiger charge is 2.10. The molecule has 27 heavy (non-hydrogen) atoms. The van der Waals surface area contributed by atoms with Crippen molar-refractivity contribution < 1.29 is 18.4 Å². The number of rotatable bonds is 6. The summed E-state index contributed by atoms with van der Waals surface area (Å²) < 4.78 is 28.8. The molecule has 2 aromatic carbocycles. The predicted molar refractivity (Wildman–Crippen MR) is 95.3 cm³/mol. The largest absolute Gasteiger partial charge is 0.347 e. The third-order valence-electron chi connectivity index (χ3n) is 3.71. The van der Waals surface area contributed by atoms with Crippen LogP contribution in [0.1, 0.15) is 5.56 Å². The first kappa shape index (κ1) is 18.2. The number of halogens is 2. The highest BCUT2D eigenvalue weighted by atomic mass is 19.1. The summed E-state index contributed by atoms with van der Waals surface area (Å²) in [5, 5.41) is 4.94. The Labute approximate surface area is 153 Å². The summed E-state index contributed by atoms with van der Waals surface area (Å²) in [7, 11) is 0. The second-order valence-electron chi connectivity index (χ2n) is 5.77. The number of carbonyl (C=O) groups is 2. The van der Waals surface area contributed by atoms with Crippen LogP contribution in [0.3, 0.4) is 0 Å². The van der Waals surface area contributed by atoms with Crippen LogP contribution in [0.4, 0.5) is 14.5 Å². The Balaban J connectivity index is 1.52. The van der Waals surface area contributed by atoms with E-state index in [1.807, 2.05) is 0 Å². The molecule has 0 saturated heterocycles. The number of nitrogens with zero attached hydrogens (tertiary/aromatic N) is 2. The molecule has 2 amide bonds. The molecule has 3 rings (SSSR count). The number of amides is 2. The molecule has 0 bridgehead atoms. The average Bonchev–Trinajstić information content (AvgIpc) is 3.14. The maximum Gasteiger partial charge on any atom is 0.243 e. The van der Waals surface area contributed by atoms with Crippen LogP contribution >= 0.6 is 0 Å². The Hall–Kier alpha value is -3.55. The molecular weight excluding hydrogens is 354 g/mol. The number of hydrogen-bond acceptors (Lipinski definition) is 3. The maximum absolute atomic E-state index is 14.2. The summed E-state index contributed by atoms with van der Waals surface area (Å²) in [6.07, 6.45) is 4.55. The number of hydrogen-bond donors (Lipinski definition) is 2. The SMILES string of the molecule is O=C(Cc1cccc(F)c1)NCC(=O)Nc1ccc(-n2ccnc2)c(F)c1. The summed E-state index contributed by atoms with van der Waals surface area (Å²) >= 11 is 0. The number of aromatic nitrogens is 2. The van der Waals surface area contributed by atoms with E-state index in [0.29, 0.717) is 11.3 Å². The first-order chi connectivity index (χ1) is 13.0. The standard InChI is InChI=1S/C19H16F2N4O2/c20-14-3-1-2-13(8-14)9-18(26)23-11-19(27)24-15-4-5-17(16(21)10-15)25-7-6-22-12-25/h1-8,10,12H,9,11H2,(H,23,26)(H,24,27). The summed E-state index contributed by atoms with van der Waals surface area (Å²) in [4.78, 5) is 27.6. The van der Waals surface area contributed by atoms with E-state index in [9.17, 15) is 18.4 Å². The molecule has 0 fully saturated rings. The fraction of sp³-hybridized carbons (Fsp3) is 0.105. The van der Waals surface area contributed by atoms with E-state index < -0.39 is 23.4 Å². The van der Waals surface area contributed by atoms with Crippen molar-refractivity contribution >= 4 is 17.5 Å². The molecule has 6 nitrogen and oxygen atoms in total. The van der Waals surface area contributed by atoms with E-state index >= 15 is 0 Å². The molecule has 8 heteroatoms. The fourth-order valence-corrected chi connectivity index (χ4v) is 2.47. The van der Waals surface area contributed by atoms with E-state index in [1.54, 1.807) is 18.3 Å². The second-order valence-corrected chi connectivity index (χ2v) is 5.77. The highest BCUT2D eigenvalue weighted by Crippen LogP contribution is 2.18. The van der Waals surface area contributed by atoms with Gasteiger partial charge in [0.05, 0.1) is 25.0 Å². The maximum atomic E-state index is 14.2. The minimum absolute atomic E-state index is 0.0424. The van der Waals surface area contributed by atoms with Crippen LogP contribution < -0.4 is 10.6 Å². The molecule has 0 aliphatic rings. The van der Waals surface area contributed by atoms with Crippen molar-refractivity contribution in [3.63, 3.8) is 0 Å². The van der Waals surface area contributed by atoms with Gasteiger partial charge in [-0.2, -0.15) is 0 Å². The van der Waals surface area contributed by atoms with Crippen molar-refractivity contribution in [1.29, 1.82) is 0 Å². The Kier molecular flexibility index (Phi) is 5.55. The van der Waals surface area contributed by atoms with Crippen molar-refractivity contribution in [2.24, 2.45) is 0 Å². The second kappa shape index (κ2) is 8.22. The molecule has 138 valence electrons.